The number of rotatable bonds is 5. The third-order valence-electron chi connectivity index (χ3n) is 1.77. The van der Waals surface area contributed by atoms with Gasteiger partial charge in [0.05, 0.1) is 12.2 Å². The van der Waals surface area contributed by atoms with Crippen LogP contribution in [0.2, 0.25) is 0 Å². The van der Waals surface area contributed by atoms with E-state index >= 15 is 0 Å². The van der Waals surface area contributed by atoms with E-state index in [-0.39, 0.29) is 6.54 Å². The van der Waals surface area contributed by atoms with Crippen molar-refractivity contribution in [3.05, 3.63) is 11.1 Å². The van der Waals surface area contributed by atoms with Crippen LogP contribution in [0.15, 0.2) is 5.38 Å². The molecule has 0 aliphatic rings. The number of anilines is 1. The maximum atomic E-state index is 11.9. The van der Waals surface area contributed by atoms with Gasteiger partial charge in [0.2, 0.25) is 0 Å². The van der Waals surface area contributed by atoms with Gasteiger partial charge in [0.1, 0.15) is 0 Å². The van der Waals surface area contributed by atoms with Crippen molar-refractivity contribution in [2.24, 2.45) is 0 Å². The Labute approximate surface area is 85.5 Å². The van der Waals surface area contributed by atoms with Gasteiger partial charge in [-0.2, -0.15) is 0 Å². The molecule has 1 aromatic heterocycles. The van der Waals surface area contributed by atoms with E-state index in [0.717, 1.165) is 5.69 Å². The second kappa shape index (κ2) is 5.21. The van der Waals surface area contributed by atoms with Crippen LogP contribution in [0, 0.1) is 0 Å². The molecule has 0 aliphatic carbocycles. The van der Waals surface area contributed by atoms with Gasteiger partial charge in [0.15, 0.2) is 5.13 Å². The lowest BCUT2D eigenvalue weighted by Gasteiger charge is -2.14. The Bertz CT molecular complexity index is 277. The average Bonchev–Trinajstić information content (AvgIpc) is 2.47. The van der Waals surface area contributed by atoms with Crippen molar-refractivity contribution in [3.63, 3.8) is 0 Å². The molecule has 0 radical (unpaired) electrons. The van der Waals surface area contributed by atoms with Crippen LogP contribution in [0.4, 0.5) is 13.9 Å². The minimum absolute atomic E-state index is 0.195. The van der Waals surface area contributed by atoms with Crippen LogP contribution in [0.25, 0.3) is 0 Å². The predicted molar refractivity (Wildman–Crippen MR) is 53.7 cm³/mol. The fourth-order valence-corrected chi connectivity index (χ4v) is 1.67. The molecule has 0 amide bonds. The number of likely N-dealkylation sites (N-methyl/N-ethyl adjacent to an activating group) is 1. The molecule has 6 heteroatoms. The molecule has 80 valence electrons. The van der Waals surface area contributed by atoms with E-state index in [0.29, 0.717) is 18.1 Å². The van der Waals surface area contributed by atoms with Crippen LogP contribution >= 0.6 is 11.3 Å². The first kappa shape index (κ1) is 11.3. The number of alkyl halides is 2. The molecule has 1 rings (SSSR count). The van der Waals surface area contributed by atoms with E-state index in [2.05, 4.69) is 4.98 Å². The molecule has 0 fully saturated rings. The van der Waals surface area contributed by atoms with Crippen LogP contribution < -0.4 is 5.73 Å². The molecule has 3 nitrogen and oxygen atoms in total. The molecule has 0 saturated carbocycles. The molecule has 0 saturated heterocycles. The molecule has 0 bridgehead atoms. The Morgan fingerprint density at radius 3 is 2.86 bits per heavy atom. The second-order valence-corrected chi connectivity index (χ2v) is 3.97. The van der Waals surface area contributed by atoms with Gasteiger partial charge in [-0.1, -0.05) is 0 Å². The molecular formula is C8H13F2N3S. The predicted octanol–water partition coefficient (Wildman–Crippen LogP) is 1.46. The Balaban J connectivity index is 2.26. The number of hydrogen-bond acceptors (Lipinski definition) is 4. The number of nitrogen functional groups attached to an aromatic ring is 1. The van der Waals surface area contributed by atoms with Crippen LogP contribution in [0.3, 0.4) is 0 Å². The number of halogens is 2. The summed E-state index contributed by atoms with van der Waals surface area (Å²) in [6, 6.07) is 0. The Hall–Kier alpha value is -0.750. The summed E-state index contributed by atoms with van der Waals surface area (Å²) in [6.07, 6.45) is -1.61. The van der Waals surface area contributed by atoms with Crippen LogP contribution in [0.5, 0.6) is 0 Å². The van der Waals surface area contributed by atoms with Crippen molar-refractivity contribution in [2.45, 2.75) is 12.8 Å². The van der Waals surface area contributed by atoms with E-state index in [1.165, 1.54) is 11.3 Å². The van der Waals surface area contributed by atoms with Gasteiger partial charge in [0, 0.05) is 18.3 Å². The molecule has 0 aromatic carbocycles. The topological polar surface area (TPSA) is 42.1 Å². The largest absolute Gasteiger partial charge is 0.375 e. The Morgan fingerprint density at radius 2 is 2.36 bits per heavy atom. The van der Waals surface area contributed by atoms with E-state index in [9.17, 15) is 8.78 Å². The molecule has 0 atom stereocenters. The first-order valence-corrected chi connectivity index (χ1v) is 5.12. The molecule has 0 unspecified atom stereocenters. The highest BCUT2D eigenvalue weighted by Gasteiger charge is 2.08. The highest BCUT2D eigenvalue weighted by Crippen LogP contribution is 2.11. The van der Waals surface area contributed by atoms with Gasteiger partial charge in [0.25, 0.3) is 6.43 Å². The highest BCUT2D eigenvalue weighted by molar-refractivity contribution is 7.13. The highest BCUT2D eigenvalue weighted by atomic mass is 32.1. The summed E-state index contributed by atoms with van der Waals surface area (Å²) in [5.74, 6) is 0. The van der Waals surface area contributed by atoms with Gasteiger partial charge in [-0.25, -0.2) is 13.8 Å². The lowest BCUT2D eigenvalue weighted by molar-refractivity contribution is 0.101. The summed E-state index contributed by atoms with van der Waals surface area (Å²) in [5, 5.41) is 2.38. The third kappa shape index (κ3) is 3.97. The monoisotopic (exact) mass is 221 g/mol. The Kier molecular flexibility index (Phi) is 4.21. The summed E-state index contributed by atoms with van der Waals surface area (Å²) >= 11 is 1.37. The van der Waals surface area contributed by atoms with Gasteiger partial charge in [-0.3, -0.25) is 0 Å². The summed E-state index contributed by atoms with van der Waals surface area (Å²) < 4.78 is 23.9. The number of aromatic nitrogens is 1. The fraction of sp³-hybridized carbons (Fsp3) is 0.625. The number of thiazole rings is 1. The smallest absolute Gasteiger partial charge is 0.251 e. The first-order chi connectivity index (χ1) is 6.58. The zero-order chi connectivity index (χ0) is 10.6. The SMILES string of the molecule is CN(CCc1csc(N)n1)CC(F)F. The lowest BCUT2D eigenvalue weighted by Crippen LogP contribution is -2.26. The van der Waals surface area contributed by atoms with E-state index in [1.807, 2.05) is 5.38 Å². The second-order valence-electron chi connectivity index (χ2n) is 3.08. The van der Waals surface area contributed by atoms with Crippen molar-refractivity contribution in [2.75, 3.05) is 25.9 Å². The molecule has 0 spiro atoms. The molecule has 1 heterocycles. The van der Waals surface area contributed by atoms with Crippen LogP contribution in [0.1, 0.15) is 5.69 Å². The standard InChI is InChI=1S/C8H13F2N3S/c1-13(4-7(9)10)3-2-6-5-14-8(11)12-6/h5,7H,2-4H2,1H3,(H2,11,12). The number of hydrogen-bond donors (Lipinski definition) is 1. The van der Waals surface area contributed by atoms with Crippen molar-refractivity contribution < 1.29 is 8.78 Å². The third-order valence-corrected chi connectivity index (χ3v) is 2.49. The van der Waals surface area contributed by atoms with Crippen molar-refractivity contribution >= 4 is 16.5 Å². The summed E-state index contributed by atoms with van der Waals surface area (Å²) in [5.41, 5.74) is 6.31. The Morgan fingerprint density at radius 1 is 1.64 bits per heavy atom. The van der Waals surface area contributed by atoms with Gasteiger partial charge in [-0.05, 0) is 7.05 Å². The van der Waals surface area contributed by atoms with Crippen molar-refractivity contribution in [1.29, 1.82) is 0 Å². The maximum Gasteiger partial charge on any atom is 0.251 e. The van der Waals surface area contributed by atoms with E-state index in [1.54, 1.807) is 11.9 Å². The quantitative estimate of drug-likeness (QED) is 0.818. The van der Waals surface area contributed by atoms with Gasteiger partial charge in [-0.15, -0.1) is 11.3 Å². The van der Waals surface area contributed by atoms with Gasteiger partial charge >= 0.3 is 0 Å². The van der Waals surface area contributed by atoms with Crippen LogP contribution in [-0.4, -0.2) is 36.4 Å². The molecule has 1 aromatic rings. The van der Waals surface area contributed by atoms with Crippen molar-refractivity contribution in [1.82, 2.24) is 9.88 Å². The number of nitrogens with zero attached hydrogens (tertiary/aromatic N) is 2. The first-order valence-electron chi connectivity index (χ1n) is 4.24. The molecule has 2 N–H and O–H groups in total. The van der Waals surface area contributed by atoms with Crippen molar-refractivity contribution in [3.8, 4) is 0 Å². The van der Waals surface area contributed by atoms with Gasteiger partial charge < -0.3 is 10.6 Å². The zero-order valence-corrected chi connectivity index (χ0v) is 8.73. The minimum atomic E-state index is -2.28. The molecular weight excluding hydrogens is 208 g/mol. The minimum Gasteiger partial charge on any atom is -0.375 e. The maximum absolute atomic E-state index is 11.9. The zero-order valence-electron chi connectivity index (χ0n) is 7.91. The number of nitrogens with two attached hydrogens (primary N) is 1. The summed E-state index contributed by atoms with van der Waals surface area (Å²) in [6.45, 7) is 0.382. The fourth-order valence-electron chi connectivity index (χ4n) is 1.07. The molecule has 14 heavy (non-hydrogen) atoms. The summed E-state index contributed by atoms with van der Waals surface area (Å²) in [4.78, 5) is 5.63. The van der Waals surface area contributed by atoms with E-state index in [4.69, 9.17) is 5.73 Å². The summed E-state index contributed by atoms with van der Waals surface area (Å²) in [7, 11) is 1.67. The lowest BCUT2D eigenvalue weighted by atomic mass is 10.3. The average molecular weight is 221 g/mol. The normalized spacial score (nSPS) is 11.5. The van der Waals surface area contributed by atoms with E-state index < -0.39 is 6.43 Å². The molecule has 0 aliphatic heterocycles. The van der Waals surface area contributed by atoms with Crippen LogP contribution in [-0.2, 0) is 6.42 Å².